The van der Waals surface area contributed by atoms with Gasteiger partial charge in [0.15, 0.2) is 0 Å². The van der Waals surface area contributed by atoms with Gasteiger partial charge < -0.3 is 15.0 Å². The van der Waals surface area contributed by atoms with Crippen molar-refractivity contribution in [3.05, 3.63) is 29.8 Å². The average molecular weight is 330 g/mol. The Hall–Kier alpha value is -1.55. The minimum absolute atomic E-state index is 0.296. The van der Waals surface area contributed by atoms with Crippen LogP contribution in [0.1, 0.15) is 51.0 Å². The first-order valence-electron chi connectivity index (χ1n) is 9.37. The van der Waals surface area contributed by atoms with Crippen molar-refractivity contribution in [3.63, 3.8) is 0 Å². The number of carbonyl (C=O) groups excluding carboxylic acids is 1. The maximum Gasteiger partial charge on any atom is 0.222 e. The monoisotopic (exact) mass is 330 g/mol. The van der Waals surface area contributed by atoms with Gasteiger partial charge in [0.2, 0.25) is 5.91 Å². The number of hydrogen-bond acceptors (Lipinski definition) is 3. The highest BCUT2D eigenvalue weighted by molar-refractivity contribution is 5.76. The Kier molecular flexibility index (Phi) is 5.77. The first-order valence-corrected chi connectivity index (χ1v) is 9.37. The van der Waals surface area contributed by atoms with Crippen LogP contribution < -0.4 is 5.32 Å². The molecule has 1 aromatic carbocycles. The zero-order valence-electron chi connectivity index (χ0n) is 15.0. The molecule has 132 valence electrons. The Morgan fingerprint density at radius 1 is 1.21 bits per heavy atom. The molecule has 0 unspecified atom stereocenters. The second-order valence-electron chi connectivity index (χ2n) is 7.30. The van der Waals surface area contributed by atoms with E-state index in [9.17, 15) is 4.79 Å². The van der Waals surface area contributed by atoms with Crippen molar-refractivity contribution in [2.45, 2.75) is 70.6 Å². The van der Waals surface area contributed by atoms with E-state index in [1.807, 2.05) is 4.90 Å². The predicted molar refractivity (Wildman–Crippen MR) is 97.2 cm³/mol. The van der Waals surface area contributed by atoms with E-state index in [0.717, 1.165) is 45.2 Å². The molecule has 4 nitrogen and oxygen atoms in total. The number of nitrogens with zero attached hydrogens (tertiary/aromatic N) is 1. The smallest absolute Gasteiger partial charge is 0.222 e. The number of anilines is 1. The molecule has 1 N–H and O–H groups in total. The van der Waals surface area contributed by atoms with Crippen LogP contribution in [-0.2, 0) is 9.53 Å². The molecule has 1 aromatic rings. The fourth-order valence-corrected chi connectivity index (χ4v) is 3.77. The molecule has 2 saturated heterocycles. The lowest BCUT2D eigenvalue weighted by Crippen LogP contribution is -2.42. The van der Waals surface area contributed by atoms with Crippen molar-refractivity contribution in [3.8, 4) is 0 Å². The van der Waals surface area contributed by atoms with E-state index >= 15 is 0 Å². The molecule has 0 spiro atoms. The normalized spacial score (nSPS) is 25.0. The van der Waals surface area contributed by atoms with Gasteiger partial charge in [-0.25, -0.2) is 0 Å². The SMILES string of the molecule is Cc1ccccc1NC1CCN(C(=O)CC[C@@H]2CC[C@H](C)O2)CC1. The highest BCUT2D eigenvalue weighted by atomic mass is 16.5. The maximum atomic E-state index is 12.4. The molecule has 0 aliphatic carbocycles. The third-order valence-electron chi connectivity index (χ3n) is 5.35. The first-order chi connectivity index (χ1) is 11.6. The van der Waals surface area contributed by atoms with Crippen LogP contribution in [0, 0.1) is 6.92 Å². The third-order valence-corrected chi connectivity index (χ3v) is 5.35. The van der Waals surface area contributed by atoms with E-state index in [-0.39, 0.29) is 0 Å². The van der Waals surface area contributed by atoms with E-state index < -0.39 is 0 Å². The zero-order valence-corrected chi connectivity index (χ0v) is 15.0. The number of aryl methyl sites for hydroxylation is 1. The molecule has 2 atom stereocenters. The summed E-state index contributed by atoms with van der Waals surface area (Å²) in [6, 6.07) is 8.87. The Morgan fingerprint density at radius 2 is 1.96 bits per heavy atom. The van der Waals surface area contributed by atoms with Crippen molar-refractivity contribution in [1.82, 2.24) is 4.90 Å². The Balaban J connectivity index is 1.40. The van der Waals surface area contributed by atoms with Crippen LogP contribution in [0.25, 0.3) is 0 Å². The molecule has 0 aromatic heterocycles. The number of para-hydroxylation sites is 1. The van der Waals surface area contributed by atoms with E-state index in [2.05, 4.69) is 43.4 Å². The largest absolute Gasteiger partial charge is 0.382 e. The van der Waals surface area contributed by atoms with Gasteiger partial charge in [-0.05, 0) is 57.6 Å². The molecule has 2 fully saturated rings. The maximum absolute atomic E-state index is 12.4. The second kappa shape index (κ2) is 8.02. The molecule has 4 heteroatoms. The van der Waals surface area contributed by atoms with Gasteiger partial charge in [-0.15, -0.1) is 0 Å². The van der Waals surface area contributed by atoms with Crippen LogP contribution >= 0.6 is 0 Å². The number of benzene rings is 1. The van der Waals surface area contributed by atoms with Crippen molar-refractivity contribution in [1.29, 1.82) is 0 Å². The lowest BCUT2D eigenvalue weighted by atomic mass is 10.0. The van der Waals surface area contributed by atoms with Crippen molar-refractivity contribution in [2.75, 3.05) is 18.4 Å². The predicted octanol–water partition coefficient (Wildman–Crippen LogP) is 3.75. The van der Waals surface area contributed by atoms with E-state index in [4.69, 9.17) is 4.74 Å². The van der Waals surface area contributed by atoms with Gasteiger partial charge in [0, 0.05) is 31.2 Å². The quantitative estimate of drug-likeness (QED) is 0.894. The molecule has 0 saturated carbocycles. The van der Waals surface area contributed by atoms with E-state index in [1.54, 1.807) is 0 Å². The molecule has 2 aliphatic rings. The summed E-state index contributed by atoms with van der Waals surface area (Å²) in [7, 11) is 0. The number of nitrogens with one attached hydrogen (secondary N) is 1. The van der Waals surface area contributed by atoms with Crippen LogP contribution in [-0.4, -0.2) is 42.1 Å². The summed E-state index contributed by atoms with van der Waals surface area (Å²) >= 11 is 0. The number of piperidine rings is 1. The highest BCUT2D eigenvalue weighted by Crippen LogP contribution is 2.24. The number of hydrogen-bond donors (Lipinski definition) is 1. The number of rotatable bonds is 5. The molecule has 2 aliphatic heterocycles. The van der Waals surface area contributed by atoms with Crippen molar-refractivity contribution >= 4 is 11.6 Å². The molecule has 3 rings (SSSR count). The fourth-order valence-electron chi connectivity index (χ4n) is 3.77. The van der Waals surface area contributed by atoms with Crippen LogP contribution in [0.4, 0.5) is 5.69 Å². The van der Waals surface area contributed by atoms with Gasteiger partial charge in [-0.3, -0.25) is 4.79 Å². The molecular weight excluding hydrogens is 300 g/mol. The number of amides is 1. The highest BCUT2D eigenvalue weighted by Gasteiger charge is 2.26. The number of carbonyl (C=O) groups is 1. The van der Waals surface area contributed by atoms with Gasteiger partial charge in [0.05, 0.1) is 12.2 Å². The summed E-state index contributed by atoms with van der Waals surface area (Å²) in [5, 5.41) is 3.63. The van der Waals surface area contributed by atoms with Crippen LogP contribution in [0.15, 0.2) is 24.3 Å². The standard InChI is InChI=1S/C20H30N2O2/c1-15-5-3-4-6-19(15)21-17-11-13-22(14-12-17)20(23)10-9-18-8-7-16(2)24-18/h3-6,16-18,21H,7-14H2,1-2H3/t16-,18-/m0/s1. The number of likely N-dealkylation sites (tertiary alicyclic amines) is 1. The average Bonchev–Trinajstić information content (AvgIpc) is 3.01. The molecule has 0 radical (unpaired) electrons. The molecule has 2 heterocycles. The summed E-state index contributed by atoms with van der Waals surface area (Å²) < 4.78 is 5.81. The Labute approximate surface area is 145 Å². The summed E-state index contributed by atoms with van der Waals surface area (Å²) in [6.07, 6.45) is 6.47. The third kappa shape index (κ3) is 4.50. The van der Waals surface area contributed by atoms with Crippen LogP contribution in [0.5, 0.6) is 0 Å². The zero-order chi connectivity index (χ0) is 16.9. The minimum atomic E-state index is 0.296. The van der Waals surface area contributed by atoms with Crippen molar-refractivity contribution < 1.29 is 9.53 Å². The van der Waals surface area contributed by atoms with Gasteiger partial charge in [0.25, 0.3) is 0 Å². The topological polar surface area (TPSA) is 41.6 Å². The fraction of sp³-hybridized carbons (Fsp3) is 0.650. The minimum Gasteiger partial charge on any atom is -0.382 e. The summed E-state index contributed by atoms with van der Waals surface area (Å²) in [6.45, 7) is 5.98. The van der Waals surface area contributed by atoms with Crippen LogP contribution in [0.2, 0.25) is 0 Å². The van der Waals surface area contributed by atoms with Crippen LogP contribution in [0.3, 0.4) is 0 Å². The van der Waals surface area contributed by atoms with E-state index in [1.165, 1.54) is 11.3 Å². The molecule has 24 heavy (non-hydrogen) atoms. The molecular formula is C20H30N2O2. The van der Waals surface area contributed by atoms with Crippen molar-refractivity contribution in [2.24, 2.45) is 0 Å². The summed E-state index contributed by atoms with van der Waals surface area (Å²) in [5.41, 5.74) is 2.50. The van der Waals surface area contributed by atoms with Gasteiger partial charge in [-0.2, -0.15) is 0 Å². The summed E-state index contributed by atoms with van der Waals surface area (Å²) in [5.74, 6) is 0.299. The Morgan fingerprint density at radius 3 is 2.62 bits per heavy atom. The number of ether oxygens (including phenoxy) is 1. The molecule has 1 amide bonds. The van der Waals surface area contributed by atoms with Gasteiger partial charge in [-0.1, -0.05) is 18.2 Å². The Bertz CT molecular complexity index is 552. The lowest BCUT2D eigenvalue weighted by molar-refractivity contribution is -0.132. The van der Waals surface area contributed by atoms with Gasteiger partial charge >= 0.3 is 0 Å². The van der Waals surface area contributed by atoms with E-state index in [0.29, 0.717) is 30.6 Å². The second-order valence-corrected chi connectivity index (χ2v) is 7.30. The lowest BCUT2D eigenvalue weighted by Gasteiger charge is -2.33. The molecule has 0 bridgehead atoms. The van der Waals surface area contributed by atoms with Gasteiger partial charge in [0.1, 0.15) is 0 Å². The summed E-state index contributed by atoms with van der Waals surface area (Å²) in [4.78, 5) is 14.4. The first kappa shape index (κ1) is 17.3.